The topological polar surface area (TPSA) is 64.1 Å². The van der Waals surface area contributed by atoms with E-state index in [0.29, 0.717) is 5.69 Å². The number of aliphatic hydroxyl groups excluding tert-OH is 1. The van der Waals surface area contributed by atoms with Crippen molar-refractivity contribution < 1.29 is 5.11 Å². The van der Waals surface area contributed by atoms with E-state index in [4.69, 9.17) is 5.73 Å². The van der Waals surface area contributed by atoms with Crippen molar-refractivity contribution in [1.29, 1.82) is 0 Å². The second-order valence-electron chi connectivity index (χ2n) is 4.95. The zero-order chi connectivity index (χ0) is 12.0. The molecule has 3 rings (SSSR count). The lowest BCUT2D eigenvalue weighted by atomic mass is 10.2. The molecule has 1 aliphatic rings. The van der Waals surface area contributed by atoms with E-state index in [1.807, 2.05) is 18.2 Å². The van der Waals surface area contributed by atoms with E-state index in [1.54, 1.807) is 6.92 Å². The van der Waals surface area contributed by atoms with Gasteiger partial charge in [-0.1, -0.05) is 0 Å². The number of fused-ring (bicyclic) bond motifs is 1. The largest absolute Gasteiger partial charge is 0.399 e. The Morgan fingerprint density at radius 3 is 2.94 bits per heavy atom. The molecule has 0 radical (unpaired) electrons. The van der Waals surface area contributed by atoms with Crippen LogP contribution in [0, 0.1) is 5.92 Å². The van der Waals surface area contributed by atoms with Gasteiger partial charge in [0.05, 0.1) is 11.0 Å². The van der Waals surface area contributed by atoms with Crippen LogP contribution in [0.5, 0.6) is 0 Å². The number of aromatic nitrogens is 2. The van der Waals surface area contributed by atoms with Crippen LogP contribution < -0.4 is 5.73 Å². The molecule has 2 aromatic rings. The molecule has 4 heteroatoms. The minimum Gasteiger partial charge on any atom is -0.399 e. The molecule has 0 amide bonds. The Labute approximate surface area is 100 Å². The second kappa shape index (κ2) is 3.74. The first-order chi connectivity index (χ1) is 8.15. The molecule has 90 valence electrons. The summed E-state index contributed by atoms with van der Waals surface area (Å²) in [5.74, 6) is 1.50. The minimum absolute atomic E-state index is 0.539. The van der Waals surface area contributed by atoms with Crippen molar-refractivity contribution in [2.24, 2.45) is 5.92 Å². The van der Waals surface area contributed by atoms with E-state index < -0.39 is 6.10 Å². The molecule has 0 aliphatic heterocycles. The van der Waals surface area contributed by atoms with Gasteiger partial charge in [0.1, 0.15) is 11.9 Å². The van der Waals surface area contributed by atoms with Gasteiger partial charge in [0.2, 0.25) is 0 Å². The average Bonchev–Trinajstić information content (AvgIpc) is 3.00. The number of aliphatic hydroxyl groups is 1. The van der Waals surface area contributed by atoms with Crippen LogP contribution >= 0.6 is 0 Å². The van der Waals surface area contributed by atoms with Crippen LogP contribution in [0.2, 0.25) is 0 Å². The second-order valence-corrected chi connectivity index (χ2v) is 4.95. The third kappa shape index (κ3) is 1.89. The summed E-state index contributed by atoms with van der Waals surface area (Å²) in [6.45, 7) is 2.72. The van der Waals surface area contributed by atoms with Crippen LogP contribution in [0.25, 0.3) is 11.0 Å². The summed E-state index contributed by atoms with van der Waals surface area (Å²) in [5.41, 5.74) is 8.42. The summed E-state index contributed by atoms with van der Waals surface area (Å²) in [5, 5.41) is 9.79. The van der Waals surface area contributed by atoms with Gasteiger partial charge in [-0.05, 0) is 43.9 Å². The van der Waals surface area contributed by atoms with E-state index in [1.165, 1.54) is 12.8 Å². The highest BCUT2D eigenvalue weighted by molar-refractivity contribution is 5.79. The van der Waals surface area contributed by atoms with Crippen LogP contribution in [-0.4, -0.2) is 14.7 Å². The normalized spacial score (nSPS) is 17.5. The van der Waals surface area contributed by atoms with Gasteiger partial charge in [-0.2, -0.15) is 0 Å². The van der Waals surface area contributed by atoms with E-state index in [-0.39, 0.29) is 0 Å². The molecule has 1 aliphatic carbocycles. The van der Waals surface area contributed by atoms with Crippen molar-refractivity contribution in [1.82, 2.24) is 9.55 Å². The third-order valence-corrected chi connectivity index (χ3v) is 3.31. The lowest BCUT2D eigenvalue weighted by Gasteiger charge is -2.09. The van der Waals surface area contributed by atoms with Crippen LogP contribution in [0.4, 0.5) is 5.69 Å². The van der Waals surface area contributed by atoms with Gasteiger partial charge < -0.3 is 15.4 Å². The lowest BCUT2D eigenvalue weighted by molar-refractivity contribution is 0.184. The zero-order valence-electron chi connectivity index (χ0n) is 9.93. The number of hydrogen-bond donors (Lipinski definition) is 2. The molecule has 0 saturated heterocycles. The van der Waals surface area contributed by atoms with Crippen molar-refractivity contribution in [3.8, 4) is 0 Å². The number of anilines is 1. The Hall–Kier alpha value is -1.55. The summed E-state index contributed by atoms with van der Waals surface area (Å²) in [6.07, 6.45) is 2.03. The summed E-state index contributed by atoms with van der Waals surface area (Å²) >= 11 is 0. The van der Waals surface area contributed by atoms with Crippen LogP contribution in [0.3, 0.4) is 0 Å². The molecule has 1 unspecified atom stereocenters. The summed E-state index contributed by atoms with van der Waals surface area (Å²) < 4.78 is 2.14. The Kier molecular flexibility index (Phi) is 2.33. The molecular weight excluding hydrogens is 214 g/mol. The Bertz CT molecular complexity index is 555. The standard InChI is InChI=1S/C13H17N3O/c1-8(17)13-15-11-6-10(14)4-5-12(11)16(13)7-9-2-3-9/h4-6,8-9,17H,2-3,7,14H2,1H3. The smallest absolute Gasteiger partial charge is 0.138 e. The Morgan fingerprint density at radius 2 is 2.29 bits per heavy atom. The molecule has 1 saturated carbocycles. The zero-order valence-corrected chi connectivity index (χ0v) is 9.93. The van der Waals surface area contributed by atoms with Crippen molar-refractivity contribution >= 4 is 16.7 Å². The molecule has 1 fully saturated rings. The quantitative estimate of drug-likeness (QED) is 0.795. The molecule has 17 heavy (non-hydrogen) atoms. The third-order valence-electron chi connectivity index (χ3n) is 3.31. The lowest BCUT2D eigenvalue weighted by Crippen LogP contribution is -2.08. The van der Waals surface area contributed by atoms with Gasteiger partial charge in [0, 0.05) is 12.2 Å². The Morgan fingerprint density at radius 1 is 1.53 bits per heavy atom. The SMILES string of the molecule is CC(O)c1nc2cc(N)ccc2n1CC1CC1. The molecule has 0 spiro atoms. The van der Waals surface area contributed by atoms with Crippen molar-refractivity contribution in [2.45, 2.75) is 32.4 Å². The highest BCUT2D eigenvalue weighted by atomic mass is 16.3. The predicted octanol–water partition coefficient (Wildman–Crippen LogP) is 2.08. The van der Waals surface area contributed by atoms with Crippen LogP contribution in [0.15, 0.2) is 18.2 Å². The fourth-order valence-corrected chi connectivity index (χ4v) is 2.23. The fourth-order valence-electron chi connectivity index (χ4n) is 2.23. The first-order valence-corrected chi connectivity index (χ1v) is 6.09. The first-order valence-electron chi connectivity index (χ1n) is 6.09. The number of rotatable bonds is 3. The predicted molar refractivity (Wildman–Crippen MR) is 67.5 cm³/mol. The van der Waals surface area contributed by atoms with Crippen LogP contribution in [0.1, 0.15) is 31.7 Å². The summed E-state index contributed by atoms with van der Waals surface area (Å²) in [4.78, 5) is 4.49. The molecule has 1 aromatic carbocycles. The molecule has 4 nitrogen and oxygen atoms in total. The van der Waals surface area contributed by atoms with Crippen molar-refractivity contribution in [3.63, 3.8) is 0 Å². The number of hydrogen-bond acceptors (Lipinski definition) is 3. The maximum atomic E-state index is 9.79. The number of benzene rings is 1. The Balaban J connectivity index is 2.15. The molecule has 0 bridgehead atoms. The minimum atomic E-state index is -0.539. The van der Waals surface area contributed by atoms with Gasteiger partial charge in [-0.25, -0.2) is 4.98 Å². The van der Waals surface area contributed by atoms with Crippen LogP contribution in [-0.2, 0) is 6.54 Å². The van der Waals surface area contributed by atoms with Gasteiger partial charge in [0.15, 0.2) is 0 Å². The maximum absolute atomic E-state index is 9.79. The highest BCUT2D eigenvalue weighted by Crippen LogP contribution is 2.33. The fraction of sp³-hybridized carbons (Fsp3) is 0.462. The molecule has 1 atom stereocenters. The van der Waals surface area contributed by atoms with E-state index >= 15 is 0 Å². The van der Waals surface area contributed by atoms with Gasteiger partial charge in [-0.3, -0.25) is 0 Å². The molecule has 3 N–H and O–H groups in total. The first kappa shape index (κ1) is 10.6. The molecule has 1 heterocycles. The van der Waals surface area contributed by atoms with Crippen molar-refractivity contribution in [2.75, 3.05) is 5.73 Å². The van der Waals surface area contributed by atoms with Crippen molar-refractivity contribution in [3.05, 3.63) is 24.0 Å². The van der Waals surface area contributed by atoms with E-state index in [9.17, 15) is 5.11 Å². The van der Waals surface area contributed by atoms with Gasteiger partial charge in [-0.15, -0.1) is 0 Å². The van der Waals surface area contributed by atoms with E-state index in [2.05, 4.69) is 9.55 Å². The molecule has 1 aromatic heterocycles. The monoisotopic (exact) mass is 231 g/mol. The van der Waals surface area contributed by atoms with E-state index in [0.717, 1.165) is 29.3 Å². The van der Waals surface area contributed by atoms with Gasteiger partial charge >= 0.3 is 0 Å². The number of nitrogens with zero attached hydrogens (tertiary/aromatic N) is 2. The average molecular weight is 231 g/mol. The highest BCUT2D eigenvalue weighted by Gasteiger charge is 2.25. The maximum Gasteiger partial charge on any atom is 0.138 e. The molecular formula is C13H17N3O. The number of nitrogen functional groups attached to an aromatic ring is 1. The number of nitrogens with two attached hydrogens (primary N) is 1. The number of imidazole rings is 1. The summed E-state index contributed by atoms with van der Waals surface area (Å²) in [7, 11) is 0. The summed E-state index contributed by atoms with van der Waals surface area (Å²) in [6, 6.07) is 5.75. The van der Waals surface area contributed by atoms with Gasteiger partial charge in [0.25, 0.3) is 0 Å².